The largest absolute Gasteiger partial charge is 0.369 e. The lowest BCUT2D eigenvalue weighted by molar-refractivity contribution is -0.131. The number of nitrogens with one attached hydrogen (secondary N) is 1. The molecule has 1 aromatic heterocycles. The number of aromatic nitrogens is 1. The molecule has 3 heterocycles. The molecule has 10 heteroatoms. The van der Waals surface area contributed by atoms with E-state index in [1.165, 1.54) is 6.20 Å². The van der Waals surface area contributed by atoms with Gasteiger partial charge in [0.1, 0.15) is 6.04 Å². The second-order valence-corrected chi connectivity index (χ2v) is 8.26. The predicted molar refractivity (Wildman–Crippen MR) is 114 cm³/mol. The minimum absolute atomic E-state index is 0.349. The van der Waals surface area contributed by atoms with Crippen LogP contribution in [0.2, 0.25) is 0 Å². The van der Waals surface area contributed by atoms with E-state index in [9.17, 15) is 18.4 Å². The Morgan fingerprint density at radius 2 is 2.00 bits per heavy atom. The van der Waals surface area contributed by atoms with Crippen molar-refractivity contribution in [2.24, 2.45) is 0 Å². The van der Waals surface area contributed by atoms with E-state index in [1.807, 2.05) is 18.2 Å². The van der Waals surface area contributed by atoms with Gasteiger partial charge in [-0.1, -0.05) is 0 Å². The van der Waals surface area contributed by atoms with E-state index in [2.05, 4.69) is 27.1 Å². The summed E-state index contributed by atoms with van der Waals surface area (Å²) >= 11 is 0. The first-order valence-electron chi connectivity index (χ1n) is 10.4. The molecule has 1 unspecified atom stereocenters. The van der Waals surface area contributed by atoms with Crippen molar-refractivity contribution in [1.29, 1.82) is 5.26 Å². The van der Waals surface area contributed by atoms with Gasteiger partial charge < -0.3 is 20.0 Å². The van der Waals surface area contributed by atoms with Crippen LogP contribution in [0, 0.1) is 11.3 Å². The molecule has 4 rings (SSSR count). The van der Waals surface area contributed by atoms with Gasteiger partial charge in [-0.3, -0.25) is 14.6 Å². The van der Waals surface area contributed by atoms with Gasteiger partial charge in [0.2, 0.25) is 5.91 Å². The average molecular weight is 442 g/mol. The molecule has 2 aliphatic heterocycles. The Balaban J connectivity index is 1.49. The van der Waals surface area contributed by atoms with Crippen LogP contribution in [0.25, 0.3) is 10.9 Å². The van der Waals surface area contributed by atoms with Gasteiger partial charge in [-0.15, -0.1) is 0 Å². The molecule has 2 aliphatic rings. The Hall–Kier alpha value is -3.32. The van der Waals surface area contributed by atoms with Crippen LogP contribution in [0.5, 0.6) is 0 Å². The Kier molecular flexibility index (Phi) is 5.93. The third-order valence-corrected chi connectivity index (χ3v) is 5.98. The fraction of sp³-hybridized carbons (Fsp3) is 0.455. The number of alkyl halides is 2. The van der Waals surface area contributed by atoms with Crippen LogP contribution in [-0.4, -0.2) is 84.9 Å². The highest BCUT2D eigenvalue weighted by atomic mass is 19.3. The summed E-state index contributed by atoms with van der Waals surface area (Å²) in [6.07, 6.45) is 0.828. The molecule has 2 aromatic rings. The van der Waals surface area contributed by atoms with Crippen molar-refractivity contribution in [3.63, 3.8) is 0 Å². The summed E-state index contributed by atoms with van der Waals surface area (Å²) in [6, 6.07) is 7.85. The Bertz CT molecular complexity index is 1080. The van der Waals surface area contributed by atoms with Gasteiger partial charge in [0.25, 0.3) is 11.8 Å². The van der Waals surface area contributed by atoms with Gasteiger partial charge in [-0.25, -0.2) is 8.78 Å². The second-order valence-electron chi connectivity index (χ2n) is 8.26. The number of hydrogen-bond donors (Lipinski definition) is 1. The van der Waals surface area contributed by atoms with Crippen LogP contribution in [0.3, 0.4) is 0 Å². The molecule has 1 atom stereocenters. The number of pyridine rings is 1. The number of halogens is 2. The molecule has 0 bridgehead atoms. The molecular formula is C22H24F2N6O2. The summed E-state index contributed by atoms with van der Waals surface area (Å²) in [5.41, 5.74) is 1.98. The number of nitriles is 1. The van der Waals surface area contributed by atoms with Crippen molar-refractivity contribution in [2.45, 2.75) is 18.4 Å². The lowest BCUT2D eigenvalue weighted by atomic mass is 10.1. The van der Waals surface area contributed by atoms with Crippen LogP contribution in [0.15, 0.2) is 30.5 Å². The summed E-state index contributed by atoms with van der Waals surface area (Å²) in [7, 11) is 2.08. The molecule has 1 N–H and O–H groups in total. The van der Waals surface area contributed by atoms with Crippen molar-refractivity contribution in [2.75, 3.05) is 51.2 Å². The highest BCUT2D eigenvalue weighted by Gasteiger charge is 2.47. The SMILES string of the molecule is CN1CCN(c2ccc3nccc(C(=O)NCC(=O)N4CC(F)(F)CC4C#N)c3c2)CC1. The first-order valence-corrected chi connectivity index (χ1v) is 10.4. The Morgan fingerprint density at radius 3 is 2.72 bits per heavy atom. The van der Waals surface area contributed by atoms with Crippen LogP contribution >= 0.6 is 0 Å². The third-order valence-electron chi connectivity index (χ3n) is 5.98. The predicted octanol–water partition coefficient (Wildman–Crippen LogP) is 1.48. The van der Waals surface area contributed by atoms with Crippen molar-refractivity contribution in [3.05, 3.63) is 36.0 Å². The van der Waals surface area contributed by atoms with E-state index in [0.717, 1.165) is 36.8 Å². The highest BCUT2D eigenvalue weighted by Crippen LogP contribution is 2.31. The van der Waals surface area contributed by atoms with Crippen molar-refractivity contribution in [3.8, 4) is 6.07 Å². The molecule has 0 spiro atoms. The molecule has 1 aromatic carbocycles. The second kappa shape index (κ2) is 8.67. The number of nitrogens with zero attached hydrogens (tertiary/aromatic N) is 5. The van der Waals surface area contributed by atoms with E-state index < -0.39 is 43.3 Å². The topological polar surface area (TPSA) is 92.6 Å². The maximum absolute atomic E-state index is 13.6. The molecule has 0 saturated carbocycles. The first kappa shape index (κ1) is 21.9. The lowest BCUT2D eigenvalue weighted by Gasteiger charge is -2.34. The van der Waals surface area contributed by atoms with Crippen molar-refractivity contribution < 1.29 is 18.4 Å². The summed E-state index contributed by atoms with van der Waals surface area (Å²) in [5, 5.41) is 12.2. The number of carbonyl (C=O) groups excluding carboxylic acids is 2. The summed E-state index contributed by atoms with van der Waals surface area (Å²) in [6.45, 7) is 2.36. The number of rotatable bonds is 4. The number of likely N-dealkylation sites (N-methyl/N-ethyl adjacent to an activating group) is 1. The van der Waals surface area contributed by atoms with Crippen LogP contribution in [0.1, 0.15) is 16.8 Å². The minimum Gasteiger partial charge on any atom is -0.369 e. The van der Waals surface area contributed by atoms with Gasteiger partial charge in [0.15, 0.2) is 0 Å². The summed E-state index contributed by atoms with van der Waals surface area (Å²) < 4.78 is 27.2. The molecule has 0 radical (unpaired) electrons. The smallest absolute Gasteiger partial charge is 0.268 e. The molecular weight excluding hydrogens is 418 g/mol. The zero-order valence-electron chi connectivity index (χ0n) is 17.7. The molecule has 32 heavy (non-hydrogen) atoms. The zero-order valence-corrected chi connectivity index (χ0v) is 17.7. The van der Waals surface area contributed by atoms with Gasteiger partial charge in [0, 0.05) is 49.9 Å². The zero-order chi connectivity index (χ0) is 22.9. The number of benzene rings is 1. The Morgan fingerprint density at radius 1 is 1.25 bits per heavy atom. The monoisotopic (exact) mass is 442 g/mol. The quantitative estimate of drug-likeness (QED) is 0.771. The number of fused-ring (bicyclic) bond motifs is 1. The fourth-order valence-electron chi connectivity index (χ4n) is 4.14. The van der Waals surface area contributed by atoms with Gasteiger partial charge in [-0.2, -0.15) is 5.26 Å². The lowest BCUT2D eigenvalue weighted by Crippen LogP contribution is -2.44. The molecule has 2 amide bonds. The number of piperazine rings is 1. The van der Waals surface area contributed by atoms with E-state index >= 15 is 0 Å². The maximum atomic E-state index is 13.6. The van der Waals surface area contributed by atoms with Crippen LogP contribution < -0.4 is 10.2 Å². The van der Waals surface area contributed by atoms with E-state index in [-0.39, 0.29) is 0 Å². The van der Waals surface area contributed by atoms with Crippen LogP contribution in [0.4, 0.5) is 14.5 Å². The number of amides is 2. The fourth-order valence-corrected chi connectivity index (χ4v) is 4.14. The summed E-state index contributed by atoms with van der Waals surface area (Å²) in [5.74, 6) is -4.31. The molecule has 0 aliphatic carbocycles. The number of anilines is 1. The molecule has 2 saturated heterocycles. The van der Waals surface area contributed by atoms with E-state index in [4.69, 9.17) is 5.26 Å². The van der Waals surface area contributed by atoms with Crippen molar-refractivity contribution in [1.82, 2.24) is 20.1 Å². The third kappa shape index (κ3) is 4.48. The Labute approximate surface area is 184 Å². The van der Waals surface area contributed by atoms with E-state index in [1.54, 1.807) is 12.1 Å². The standard InChI is InChI=1S/C22H24F2N6O2/c1-28-6-8-29(9-7-28)15-2-3-19-18(10-15)17(4-5-26-19)21(32)27-13-20(31)30-14-22(23,24)11-16(30)12-25/h2-5,10,16H,6-9,11,13-14H2,1H3,(H,27,32). The molecule has 8 nitrogen and oxygen atoms in total. The average Bonchev–Trinajstić information content (AvgIpc) is 3.11. The number of carbonyl (C=O) groups is 2. The van der Waals surface area contributed by atoms with E-state index in [0.29, 0.717) is 16.5 Å². The van der Waals surface area contributed by atoms with Crippen LogP contribution in [-0.2, 0) is 4.79 Å². The highest BCUT2D eigenvalue weighted by molar-refractivity contribution is 6.07. The summed E-state index contributed by atoms with van der Waals surface area (Å²) in [4.78, 5) is 34.9. The van der Waals surface area contributed by atoms with Gasteiger partial charge >= 0.3 is 0 Å². The maximum Gasteiger partial charge on any atom is 0.268 e. The van der Waals surface area contributed by atoms with Gasteiger partial charge in [-0.05, 0) is 31.3 Å². The number of hydrogen-bond acceptors (Lipinski definition) is 6. The molecule has 2 fully saturated rings. The van der Waals surface area contributed by atoms with Crippen molar-refractivity contribution >= 4 is 28.4 Å². The van der Waals surface area contributed by atoms with Gasteiger partial charge in [0.05, 0.1) is 30.2 Å². The number of likely N-dealkylation sites (tertiary alicyclic amines) is 1. The molecule has 168 valence electrons. The minimum atomic E-state index is -3.10. The normalized spacial score (nSPS) is 20.9. The first-order chi connectivity index (χ1) is 15.3.